The Hall–Kier alpha value is -3.26. The van der Waals surface area contributed by atoms with E-state index in [0.717, 1.165) is 23.2 Å². The number of anilines is 4. The van der Waals surface area contributed by atoms with E-state index in [4.69, 9.17) is 27.8 Å². The molecule has 0 amide bonds. The average molecular weight is 339 g/mol. The van der Waals surface area contributed by atoms with Gasteiger partial charge in [-0.3, -0.25) is 5.01 Å². The van der Waals surface area contributed by atoms with Gasteiger partial charge in [-0.05, 0) is 42.7 Å². The highest BCUT2D eigenvalue weighted by atomic mass is 16.5. The van der Waals surface area contributed by atoms with Gasteiger partial charge in [0.25, 0.3) is 0 Å². The summed E-state index contributed by atoms with van der Waals surface area (Å²) in [6.45, 7) is 2.33. The molecule has 2 heterocycles. The quantitative estimate of drug-likeness (QED) is 0.374. The van der Waals surface area contributed by atoms with Crippen molar-refractivity contribution in [2.45, 2.75) is 19.9 Å². The molecule has 0 bridgehead atoms. The van der Waals surface area contributed by atoms with Crippen LogP contribution in [0.25, 0.3) is 5.76 Å². The van der Waals surface area contributed by atoms with Gasteiger partial charge >= 0.3 is 0 Å². The number of nitrogens with two attached hydrogens (primary N) is 4. The summed E-state index contributed by atoms with van der Waals surface area (Å²) in [5.74, 6) is 7.13. The van der Waals surface area contributed by atoms with E-state index in [2.05, 4.69) is 9.97 Å². The molecule has 130 valence electrons. The van der Waals surface area contributed by atoms with Crippen LogP contribution in [0.4, 0.5) is 23.1 Å². The number of nitrogen functional groups attached to an aromatic ring is 3. The van der Waals surface area contributed by atoms with E-state index in [0.29, 0.717) is 29.5 Å². The molecule has 0 aliphatic carbocycles. The van der Waals surface area contributed by atoms with Crippen LogP contribution >= 0.6 is 0 Å². The molecule has 1 aliphatic rings. The summed E-state index contributed by atoms with van der Waals surface area (Å²) in [5.41, 5.74) is 21.3. The number of rotatable bonds is 4. The van der Waals surface area contributed by atoms with Crippen molar-refractivity contribution >= 4 is 28.9 Å². The number of benzene rings is 1. The maximum absolute atomic E-state index is 6.22. The molecule has 1 aliphatic heterocycles. The molecule has 0 fully saturated rings. The molecule has 0 saturated carbocycles. The first kappa shape index (κ1) is 16.6. The molecule has 0 radical (unpaired) electrons. The van der Waals surface area contributed by atoms with Gasteiger partial charge in [0.15, 0.2) is 11.6 Å². The van der Waals surface area contributed by atoms with Crippen LogP contribution in [0.2, 0.25) is 0 Å². The highest BCUT2D eigenvalue weighted by Gasteiger charge is 2.19. The van der Waals surface area contributed by atoms with Gasteiger partial charge in [0.1, 0.15) is 11.4 Å². The van der Waals surface area contributed by atoms with Gasteiger partial charge in [0.05, 0.1) is 12.8 Å². The average Bonchev–Trinajstić information content (AvgIpc) is 2.60. The van der Waals surface area contributed by atoms with Gasteiger partial charge in [0, 0.05) is 5.69 Å². The van der Waals surface area contributed by atoms with E-state index < -0.39 is 0 Å². The van der Waals surface area contributed by atoms with E-state index >= 15 is 0 Å². The zero-order valence-corrected chi connectivity index (χ0v) is 13.9. The SMILES string of the molecule is Cc1cc(CN(N)c2nc(N)nc(C3=CCC=CO3)c2N)ccc1N. The van der Waals surface area contributed by atoms with Crippen LogP contribution < -0.4 is 28.1 Å². The van der Waals surface area contributed by atoms with Crippen LogP contribution in [0.1, 0.15) is 23.2 Å². The number of ether oxygens (including phenoxy) is 1. The van der Waals surface area contributed by atoms with Crippen LogP contribution in [0.3, 0.4) is 0 Å². The van der Waals surface area contributed by atoms with Crippen molar-refractivity contribution in [3.63, 3.8) is 0 Å². The molecule has 0 atom stereocenters. The fraction of sp³-hybridized carbons (Fsp3) is 0.176. The van der Waals surface area contributed by atoms with Crippen molar-refractivity contribution in [1.29, 1.82) is 0 Å². The third-order valence-electron chi connectivity index (χ3n) is 3.87. The molecule has 2 aromatic rings. The number of aryl methyl sites for hydroxylation is 1. The van der Waals surface area contributed by atoms with Crippen LogP contribution in [0.15, 0.2) is 36.6 Å². The molecule has 1 aromatic heterocycles. The molecule has 0 unspecified atom stereocenters. The summed E-state index contributed by atoms with van der Waals surface area (Å²) in [4.78, 5) is 8.37. The second kappa shape index (κ2) is 6.70. The Morgan fingerprint density at radius 3 is 2.68 bits per heavy atom. The number of nitrogens with zero attached hydrogens (tertiary/aromatic N) is 3. The van der Waals surface area contributed by atoms with Crippen LogP contribution in [-0.2, 0) is 11.3 Å². The first-order valence-corrected chi connectivity index (χ1v) is 7.78. The topological polar surface area (TPSA) is 142 Å². The molecule has 8 N–H and O–H groups in total. The second-order valence-corrected chi connectivity index (χ2v) is 5.78. The number of hydrazine groups is 1. The Morgan fingerprint density at radius 2 is 2.00 bits per heavy atom. The van der Waals surface area contributed by atoms with Crippen LogP contribution in [-0.4, -0.2) is 9.97 Å². The predicted octanol–water partition coefficient (Wildman–Crippen LogP) is 1.69. The zero-order valence-electron chi connectivity index (χ0n) is 13.9. The minimum Gasteiger partial charge on any atom is -0.463 e. The van der Waals surface area contributed by atoms with E-state index in [-0.39, 0.29) is 5.95 Å². The molecule has 0 saturated heterocycles. The Balaban J connectivity index is 1.91. The molecular weight excluding hydrogens is 318 g/mol. The van der Waals surface area contributed by atoms with E-state index in [1.165, 1.54) is 5.01 Å². The predicted molar refractivity (Wildman–Crippen MR) is 99.6 cm³/mol. The molecule has 3 rings (SSSR count). The lowest BCUT2D eigenvalue weighted by Gasteiger charge is -2.22. The zero-order chi connectivity index (χ0) is 18.0. The normalized spacial score (nSPS) is 13.3. The number of aromatic nitrogens is 2. The first-order chi connectivity index (χ1) is 12.0. The fourth-order valence-electron chi connectivity index (χ4n) is 2.54. The van der Waals surface area contributed by atoms with E-state index in [1.54, 1.807) is 6.26 Å². The summed E-state index contributed by atoms with van der Waals surface area (Å²) in [5, 5.41) is 1.43. The van der Waals surface area contributed by atoms with Crippen molar-refractivity contribution in [3.8, 4) is 0 Å². The Labute approximate surface area is 145 Å². The first-order valence-electron chi connectivity index (χ1n) is 7.78. The maximum Gasteiger partial charge on any atom is 0.222 e. The third-order valence-corrected chi connectivity index (χ3v) is 3.87. The smallest absolute Gasteiger partial charge is 0.222 e. The molecule has 8 nitrogen and oxygen atoms in total. The van der Waals surface area contributed by atoms with E-state index in [9.17, 15) is 0 Å². The van der Waals surface area contributed by atoms with Gasteiger partial charge in [-0.2, -0.15) is 4.98 Å². The van der Waals surface area contributed by atoms with Gasteiger partial charge in [0.2, 0.25) is 5.95 Å². The van der Waals surface area contributed by atoms with Crippen molar-refractivity contribution in [3.05, 3.63) is 53.4 Å². The standard InChI is InChI=1S/C17H21N7O/c1-10-8-11(5-6-12(10)18)9-24(21)16-14(19)15(22-17(20)23-16)13-4-2-3-7-25-13/h3-8H,2,9,18-19,21H2,1H3,(H2,20,22,23). The van der Waals surface area contributed by atoms with Crippen LogP contribution in [0, 0.1) is 6.92 Å². The molecule has 8 heteroatoms. The van der Waals surface area contributed by atoms with E-state index in [1.807, 2.05) is 37.3 Å². The highest BCUT2D eigenvalue weighted by molar-refractivity contribution is 5.78. The van der Waals surface area contributed by atoms with Gasteiger partial charge in [-0.1, -0.05) is 12.1 Å². The lowest BCUT2D eigenvalue weighted by molar-refractivity contribution is 0.425. The third kappa shape index (κ3) is 3.48. The molecule has 0 spiro atoms. The summed E-state index contributed by atoms with van der Waals surface area (Å²) in [6, 6.07) is 5.71. The van der Waals surface area contributed by atoms with Crippen molar-refractivity contribution in [2.24, 2.45) is 5.84 Å². The van der Waals surface area contributed by atoms with Gasteiger partial charge in [-0.25, -0.2) is 10.8 Å². The van der Waals surface area contributed by atoms with Crippen molar-refractivity contribution in [2.75, 3.05) is 22.2 Å². The largest absolute Gasteiger partial charge is 0.463 e. The summed E-state index contributed by atoms with van der Waals surface area (Å²) in [6.07, 6.45) is 6.06. The lowest BCUT2D eigenvalue weighted by Crippen LogP contribution is -2.32. The Bertz CT molecular complexity index is 860. The second-order valence-electron chi connectivity index (χ2n) is 5.78. The Kier molecular flexibility index (Phi) is 4.44. The van der Waals surface area contributed by atoms with Gasteiger partial charge in [-0.15, -0.1) is 0 Å². The van der Waals surface area contributed by atoms with Crippen LogP contribution in [0.5, 0.6) is 0 Å². The maximum atomic E-state index is 6.22. The van der Waals surface area contributed by atoms with Crippen molar-refractivity contribution < 1.29 is 4.74 Å². The fourth-order valence-corrected chi connectivity index (χ4v) is 2.54. The number of hydrogen-bond donors (Lipinski definition) is 4. The van der Waals surface area contributed by atoms with Gasteiger partial charge < -0.3 is 21.9 Å². The lowest BCUT2D eigenvalue weighted by atomic mass is 10.1. The molecule has 1 aromatic carbocycles. The summed E-state index contributed by atoms with van der Waals surface area (Å²) in [7, 11) is 0. The number of allylic oxidation sites excluding steroid dienone is 2. The molecular formula is C17H21N7O. The minimum atomic E-state index is 0.0715. The summed E-state index contributed by atoms with van der Waals surface area (Å²) < 4.78 is 5.46. The Morgan fingerprint density at radius 1 is 1.20 bits per heavy atom. The van der Waals surface area contributed by atoms with Crippen molar-refractivity contribution in [1.82, 2.24) is 9.97 Å². The molecule has 25 heavy (non-hydrogen) atoms. The minimum absolute atomic E-state index is 0.0715. The highest BCUT2D eigenvalue weighted by Crippen LogP contribution is 2.31. The monoisotopic (exact) mass is 339 g/mol. The number of hydrogen-bond acceptors (Lipinski definition) is 8. The summed E-state index contributed by atoms with van der Waals surface area (Å²) >= 11 is 0.